The lowest BCUT2D eigenvalue weighted by Gasteiger charge is -2.19. The first-order valence-electron chi connectivity index (χ1n) is 6.60. The van der Waals surface area contributed by atoms with Crippen LogP contribution >= 0.6 is 15.9 Å². The van der Waals surface area contributed by atoms with Crippen LogP contribution < -0.4 is 10.1 Å². The summed E-state index contributed by atoms with van der Waals surface area (Å²) in [6.07, 6.45) is 6.31. The molecule has 0 aromatic carbocycles. The summed E-state index contributed by atoms with van der Waals surface area (Å²) in [5.74, 6) is 1.03. The van der Waals surface area contributed by atoms with Crippen molar-refractivity contribution in [2.75, 3.05) is 19.0 Å². The van der Waals surface area contributed by atoms with E-state index in [1.807, 2.05) is 19.4 Å². The van der Waals surface area contributed by atoms with E-state index in [-0.39, 0.29) is 12.1 Å². The third-order valence-electron chi connectivity index (χ3n) is 3.36. The minimum Gasteiger partial charge on any atom is -0.480 e. The van der Waals surface area contributed by atoms with E-state index in [0.717, 1.165) is 16.5 Å². The molecule has 0 radical (unpaired) electrons. The zero-order chi connectivity index (χ0) is 14.8. The van der Waals surface area contributed by atoms with Gasteiger partial charge in [-0.05, 0) is 22.4 Å². The molecule has 1 N–H and O–H groups in total. The summed E-state index contributed by atoms with van der Waals surface area (Å²) < 4.78 is 13.5. The summed E-state index contributed by atoms with van der Waals surface area (Å²) in [5, 5.41) is 7.51. The number of nitrogens with one attached hydrogen (secondary N) is 1. The SMILES string of the molecule is COc1nc(N[C@H]2CCO[C@@H]2c2cnn(C)c2)ncc1Br. The molecular weight excluding hydrogens is 338 g/mol. The first-order valence-corrected chi connectivity index (χ1v) is 7.40. The lowest BCUT2D eigenvalue weighted by molar-refractivity contribution is 0.107. The first kappa shape index (κ1) is 14.3. The average Bonchev–Trinajstić information content (AvgIpc) is 3.09. The van der Waals surface area contributed by atoms with E-state index in [0.29, 0.717) is 18.4 Å². The quantitative estimate of drug-likeness (QED) is 0.904. The van der Waals surface area contributed by atoms with Crippen LogP contribution in [0.25, 0.3) is 0 Å². The monoisotopic (exact) mass is 353 g/mol. The van der Waals surface area contributed by atoms with E-state index >= 15 is 0 Å². The normalized spacial score (nSPS) is 21.5. The highest BCUT2D eigenvalue weighted by Crippen LogP contribution is 2.31. The van der Waals surface area contributed by atoms with Crippen LogP contribution in [0.2, 0.25) is 0 Å². The topological polar surface area (TPSA) is 74.1 Å². The largest absolute Gasteiger partial charge is 0.480 e. The van der Waals surface area contributed by atoms with Crippen LogP contribution in [0.5, 0.6) is 5.88 Å². The van der Waals surface area contributed by atoms with Crippen LogP contribution in [0.1, 0.15) is 18.1 Å². The highest BCUT2D eigenvalue weighted by molar-refractivity contribution is 9.10. The second kappa shape index (κ2) is 5.98. The van der Waals surface area contributed by atoms with Gasteiger partial charge in [-0.2, -0.15) is 10.1 Å². The second-order valence-electron chi connectivity index (χ2n) is 4.83. The van der Waals surface area contributed by atoms with Gasteiger partial charge in [0.05, 0.1) is 30.0 Å². The summed E-state index contributed by atoms with van der Waals surface area (Å²) in [4.78, 5) is 8.58. The molecule has 0 amide bonds. The van der Waals surface area contributed by atoms with Gasteiger partial charge in [0, 0.05) is 25.4 Å². The van der Waals surface area contributed by atoms with Gasteiger partial charge in [-0.3, -0.25) is 4.68 Å². The summed E-state index contributed by atoms with van der Waals surface area (Å²) in [6, 6.07) is 0.111. The van der Waals surface area contributed by atoms with Crippen molar-refractivity contribution in [3.63, 3.8) is 0 Å². The molecule has 112 valence electrons. The molecule has 2 aromatic rings. The van der Waals surface area contributed by atoms with Crippen molar-refractivity contribution < 1.29 is 9.47 Å². The van der Waals surface area contributed by atoms with Crippen molar-refractivity contribution in [1.29, 1.82) is 0 Å². The van der Waals surface area contributed by atoms with E-state index in [4.69, 9.17) is 9.47 Å². The molecule has 0 spiro atoms. The molecule has 21 heavy (non-hydrogen) atoms. The van der Waals surface area contributed by atoms with Crippen molar-refractivity contribution in [3.8, 4) is 5.88 Å². The van der Waals surface area contributed by atoms with Gasteiger partial charge in [0.15, 0.2) is 0 Å². The maximum absolute atomic E-state index is 5.81. The minimum absolute atomic E-state index is 0.0445. The Labute approximate surface area is 130 Å². The summed E-state index contributed by atoms with van der Waals surface area (Å²) in [7, 11) is 3.47. The second-order valence-corrected chi connectivity index (χ2v) is 5.68. The number of ether oxygens (including phenoxy) is 2. The lowest BCUT2D eigenvalue weighted by Crippen LogP contribution is -2.24. The Balaban J connectivity index is 1.77. The summed E-state index contributed by atoms with van der Waals surface area (Å²) >= 11 is 3.34. The molecule has 0 saturated carbocycles. The highest BCUT2D eigenvalue weighted by Gasteiger charge is 2.31. The number of halogens is 1. The molecule has 0 bridgehead atoms. The van der Waals surface area contributed by atoms with Crippen LogP contribution in [0.3, 0.4) is 0 Å². The van der Waals surface area contributed by atoms with Gasteiger partial charge >= 0.3 is 0 Å². The van der Waals surface area contributed by atoms with Gasteiger partial charge in [0.25, 0.3) is 0 Å². The minimum atomic E-state index is -0.0445. The van der Waals surface area contributed by atoms with Gasteiger partial charge in [-0.25, -0.2) is 4.98 Å². The fraction of sp³-hybridized carbons (Fsp3) is 0.462. The van der Waals surface area contributed by atoms with E-state index in [1.54, 1.807) is 18.0 Å². The molecule has 1 aliphatic rings. The van der Waals surface area contributed by atoms with Gasteiger partial charge in [-0.15, -0.1) is 0 Å². The number of aryl methyl sites for hydroxylation is 1. The molecule has 8 heteroatoms. The van der Waals surface area contributed by atoms with Crippen LogP contribution in [0.15, 0.2) is 23.1 Å². The lowest BCUT2D eigenvalue weighted by atomic mass is 10.1. The molecule has 3 rings (SSSR count). The molecule has 1 aliphatic heterocycles. The Hall–Kier alpha value is -1.67. The van der Waals surface area contributed by atoms with Gasteiger partial charge in [0.2, 0.25) is 11.8 Å². The third-order valence-corrected chi connectivity index (χ3v) is 3.91. The molecule has 7 nitrogen and oxygen atoms in total. The standard InChI is InChI=1S/C13H16BrN5O2/c1-19-7-8(5-16-19)11-10(3-4-21-11)17-13-15-6-9(14)12(18-13)20-2/h5-7,10-11H,3-4H2,1-2H3,(H,15,17,18)/t10-,11+/m0/s1. The number of anilines is 1. The van der Waals surface area contributed by atoms with Crippen molar-refractivity contribution in [2.24, 2.45) is 7.05 Å². The van der Waals surface area contributed by atoms with Crippen LogP contribution in [-0.2, 0) is 11.8 Å². The highest BCUT2D eigenvalue weighted by atomic mass is 79.9. The van der Waals surface area contributed by atoms with E-state index in [1.165, 1.54) is 0 Å². The molecule has 3 heterocycles. The Morgan fingerprint density at radius 1 is 1.48 bits per heavy atom. The van der Waals surface area contributed by atoms with E-state index in [2.05, 4.69) is 36.3 Å². The zero-order valence-electron chi connectivity index (χ0n) is 11.8. The number of rotatable bonds is 4. The predicted octanol–water partition coefficient (Wildman–Crippen LogP) is 1.92. The Kier molecular flexibility index (Phi) is 4.07. The third kappa shape index (κ3) is 3.01. The predicted molar refractivity (Wildman–Crippen MR) is 80.2 cm³/mol. The van der Waals surface area contributed by atoms with Gasteiger partial charge in [0.1, 0.15) is 6.10 Å². The maximum Gasteiger partial charge on any atom is 0.232 e. The number of hydrogen-bond acceptors (Lipinski definition) is 6. The molecule has 2 aromatic heterocycles. The van der Waals surface area contributed by atoms with E-state index < -0.39 is 0 Å². The van der Waals surface area contributed by atoms with Gasteiger partial charge < -0.3 is 14.8 Å². The fourth-order valence-corrected chi connectivity index (χ4v) is 2.74. The molecular formula is C13H16BrN5O2. The number of aromatic nitrogens is 4. The smallest absolute Gasteiger partial charge is 0.232 e. The number of nitrogens with zero attached hydrogens (tertiary/aromatic N) is 4. The molecule has 0 unspecified atom stereocenters. The van der Waals surface area contributed by atoms with Gasteiger partial charge in [-0.1, -0.05) is 0 Å². The zero-order valence-corrected chi connectivity index (χ0v) is 13.4. The maximum atomic E-state index is 5.81. The summed E-state index contributed by atoms with van der Waals surface area (Å²) in [6.45, 7) is 0.699. The Morgan fingerprint density at radius 2 is 2.33 bits per heavy atom. The van der Waals surface area contributed by atoms with E-state index in [9.17, 15) is 0 Å². The van der Waals surface area contributed by atoms with Crippen LogP contribution in [0, 0.1) is 0 Å². The van der Waals surface area contributed by atoms with Crippen LogP contribution in [-0.4, -0.2) is 39.5 Å². The van der Waals surface area contributed by atoms with Crippen molar-refractivity contribution in [2.45, 2.75) is 18.6 Å². The van der Waals surface area contributed by atoms with Crippen molar-refractivity contribution >= 4 is 21.9 Å². The first-order chi connectivity index (χ1) is 10.2. The number of methoxy groups -OCH3 is 1. The molecule has 1 saturated heterocycles. The fourth-order valence-electron chi connectivity index (χ4n) is 2.38. The van der Waals surface area contributed by atoms with Crippen molar-refractivity contribution in [1.82, 2.24) is 19.7 Å². The summed E-state index contributed by atoms with van der Waals surface area (Å²) in [5.41, 5.74) is 1.05. The molecule has 1 fully saturated rings. The Morgan fingerprint density at radius 3 is 3.05 bits per heavy atom. The Bertz CT molecular complexity index is 633. The average molecular weight is 354 g/mol. The molecule has 0 aliphatic carbocycles. The van der Waals surface area contributed by atoms with Crippen molar-refractivity contribution in [3.05, 3.63) is 28.6 Å². The van der Waals surface area contributed by atoms with Crippen LogP contribution in [0.4, 0.5) is 5.95 Å². The number of hydrogen-bond donors (Lipinski definition) is 1. The molecule has 2 atom stereocenters.